The molecule has 0 atom stereocenters. The first-order valence-corrected chi connectivity index (χ1v) is 11.2. The summed E-state index contributed by atoms with van der Waals surface area (Å²) in [7, 11) is 0. The summed E-state index contributed by atoms with van der Waals surface area (Å²) < 4.78 is 0. The first-order valence-electron chi connectivity index (χ1n) is 10.9. The van der Waals surface area contributed by atoms with E-state index in [9.17, 15) is 9.59 Å². The van der Waals surface area contributed by atoms with Crippen molar-refractivity contribution in [1.29, 1.82) is 5.26 Å². The minimum atomic E-state index is -0.346. The average Bonchev–Trinajstić information content (AvgIpc) is 3.61. The SMILES string of the molecule is Cc1c(C=C2CCN(C(=O)CC3CC3)CC2)cc(Cl)cc1NC(=O)c1cncc(C#N)c1. The standard InChI is InChI=1S/C25H25ClN4O2/c1-16-20(8-18-4-6-30(7-5-18)24(31)10-17-2-3-17)11-22(26)12-23(16)29-25(32)21-9-19(13-27)14-28-15-21/h8-9,11-12,14-15,17H,2-7,10H2,1H3,(H,29,32). The maximum atomic E-state index is 12.7. The quantitative estimate of drug-likeness (QED) is 0.699. The number of carbonyl (C=O) groups is 2. The topological polar surface area (TPSA) is 86.1 Å². The molecule has 2 fully saturated rings. The van der Waals surface area contributed by atoms with E-state index in [2.05, 4.69) is 16.4 Å². The van der Waals surface area contributed by atoms with Crippen LogP contribution in [0.4, 0.5) is 5.69 Å². The molecule has 32 heavy (non-hydrogen) atoms. The van der Waals surface area contributed by atoms with Crippen molar-refractivity contribution in [2.24, 2.45) is 5.92 Å². The molecule has 0 unspecified atom stereocenters. The molecule has 2 aliphatic rings. The maximum absolute atomic E-state index is 12.7. The molecule has 0 bridgehead atoms. The molecule has 6 nitrogen and oxygen atoms in total. The van der Waals surface area contributed by atoms with Gasteiger partial charge in [0.15, 0.2) is 0 Å². The number of likely N-dealkylation sites (tertiary alicyclic amines) is 1. The summed E-state index contributed by atoms with van der Waals surface area (Å²) in [5, 5.41) is 12.4. The molecule has 0 radical (unpaired) electrons. The van der Waals surface area contributed by atoms with E-state index in [1.54, 1.807) is 6.07 Å². The number of piperidine rings is 1. The van der Waals surface area contributed by atoms with Gasteiger partial charge in [-0.25, -0.2) is 0 Å². The lowest BCUT2D eigenvalue weighted by Gasteiger charge is -2.29. The Hall–Kier alpha value is -3.17. The van der Waals surface area contributed by atoms with Gasteiger partial charge in [-0.15, -0.1) is 0 Å². The van der Waals surface area contributed by atoms with Crippen LogP contribution in [0.15, 0.2) is 36.2 Å². The zero-order valence-electron chi connectivity index (χ0n) is 18.0. The second kappa shape index (κ2) is 9.54. The number of halogens is 1. The van der Waals surface area contributed by atoms with Crippen LogP contribution in [0, 0.1) is 24.2 Å². The molecule has 7 heteroatoms. The van der Waals surface area contributed by atoms with E-state index in [1.807, 2.05) is 24.0 Å². The summed E-state index contributed by atoms with van der Waals surface area (Å²) in [6, 6.07) is 7.10. The van der Waals surface area contributed by atoms with Gasteiger partial charge in [-0.1, -0.05) is 23.3 Å². The third-order valence-corrected chi connectivity index (χ3v) is 6.29. The normalized spacial score (nSPS) is 15.8. The highest BCUT2D eigenvalue weighted by atomic mass is 35.5. The van der Waals surface area contributed by atoms with Crippen molar-refractivity contribution in [2.75, 3.05) is 18.4 Å². The van der Waals surface area contributed by atoms with Crippen LogP contribution < -0.4 is 5.32 Å². The summed E-state index contributed by atoms with van der Waals surface area (Å²) in [5.74, 6) is 0.548. The highest BCUT2D eigenvalue weighted by molar-refractivity contribution is 6.31. The molecule has 1 saturated heterocycles. The Morgan fingerprint density at radius 2 is 2.00 bits per heavy atom. The number of anilines is 1. The van der Waals surface area contributed by atoms with E-state index in [1.165, 1.54) is 36.9 Å². The van der Waals surface area contributed by atoms with E-state index in [0.717, 1.165) is 37.1 Å². The molecule has 0 spiro atoms. The summed E-state index contributed by atoms with van der Waals surface area (Å²) >= 11 is 6.35. The van der Waals surface area contributed by atoms with Gasteiger partial charge in [0.05, 0.1) is 11.1 Å². The molecule has 2 aromatic rings. The fraction of sp³-hybridized carbons (Fsp3) is 0.360. The minimum absolute atomic E-state index is 0.283. The third kappa shape index (κ3) is 5.35. The fourth-order valence-electron chi connectivity index (χ4n) is 3.91. The van der Waals surface area contributed by atoms with Crippen LogP contribution in [-0.4, -0.2) is 34.8 Å². The summed E-state index contributed by atoms with van der Waals surface area (Å²) in [6.45, 7) is 3.45. The van der Waals surface area contributed by atoms with Crippen LogP contribution in [0.25, 0.3) is 6.08 Å². The molecular formula is C25H25ClN4O2. The van der Waals surface area contributed by atoms with Gasteiger partial charge in [-0.2, -0.15) is 5.26 Å². The monoisotopic (exact) mass is 448 g/mol. The number of carbonyl (C=O) groups excluding carboxylic acids is 2. The van der Waals surface area contributed by atoms with Crippen LogP contribution in [0.1, 0.15) is 59.2 Å². The van der Waals surface area contributed by atoms with Gasteiger partial charge >= 0.3 is 0 Å². The molecule has 1 saturated carbocycles. The minimum Gasteiger partial charge on any atom is -0.342 e. The molecule has 2 amide bonds. The highest BCUT2D eigenvalue weighted by Crippen LogP contribution is 2.34. The largest absolute Gasteiger partial charge is 0.342 e. The number of benzene rings is 1. The van der Waals surface area contributed by atoms with Crippen LogP contribution in [0.2, 0.25) is 5.02 Å². The van der Waals surface area contributed by atoms with Gasteiger partial charge in [0.2, 0.25) is 5.91 Å². The van der Waals surface area contributed by atoms with Crippen LogP contribution >= 0.6 is 11.6 Å². The number of pyridine rings is 1. The van der Waals surface area contributed by atoms with Crippen molar-refractivity contribution in [3.8, 4) is 6.07 Å². The Labute approximate surface area is 192 Å². The Morgan fingerprint density at radius 1 is 1.25 bits per heavy atom. The van der Waals surface area contributed by atoms with Crippen molar-refractivity contribution in [3.63, 3.8) is 0 Å². The second-order valence-corrected chi connectivity index (χ2v) is 8.96. The van der Waals surface area contributed by atoms with E-state index >= 15 is 0 Å². The smallest absolute Gasteiger partial charge is 0.257 e. The van der Waals surface area contributed by atoms with E-state index < -0.39 is 0 Å². The lowest BCUT2D eigenvalue weighted by atomic mass is 9.97. The molecule has 1 aromatic heterocycles. The number of hydrogen-bond donors (Lipinski definition) is 1. The zero-order valence-corrected chi connectivity index (χ0v) is 18.8. The number of nitrogens with one attached hydrogen (secondary N) is 1. The molecule has 1 N–H and O–H groups in total. The van der Waals surface area contributed by atoms with Gasteiger partial charge in [0, 0.05) is 42.6 Å². The second-order valence-electron chi connectivity index (χ2n) is 8.53. The molecule has 1 aromatic carbocycles. The Bertz CT molecular complexity index is 1120. The van der Waals surface area contributed by atoms with E-state index in [4.69, 9.17) is 16.9 Å². The molecule has 1 aliphatic heterocycles. The lowest BCUT2D eigenvalue weighted by Crippen LogP contribution is -2.36. The van der Waals surface area contributed by atoms with Crippen molar-refractivity contribution >= 4 is 35.2 Å². The van der Waals surface area contributed by atoms with Crippen LogP contribution in [0.3, 0.4) is 0 Å². The van der Waals surface area contributed by atoms with Crippen molar-refractivity contribution in [3.05, 3.63) is 63.4 Å². The van der Waals surface area contributed by atoms with Gasteiger partial charge in [-0.3, -0.25) is 14.6 Å². The van der Waals surface area contributed by atoms with Crippen LogP contribution in [0.5, 0.6) is 0 Å². The lowest BCUT2D eigenvalue weighted by molar-refractivity contribution is -0.132. The number of aromatic nitrogens is 1. The number of nitrogens with zero attached hydrogens (tertiary/aromatic N) is 3. The summed E-state index contributed by atoms with van der Waals surface area (Å²) in [6.07, 6.45) is 9.73. The maximum Gasteiger partial charge on any atom is 0.257 e. The van der Waals surface area contributed by atoms with Gasteiger partial charge in [0.25, 0.3) is 5.91 Å². The van der Waals surface area contributed by atoms with Crippen molar-refractivity contribution in [2.45, 2.75) is 39.0 Å². The van der Waals surface area contributed by atoms with E-state index in [-0.39, 0.29) is 11.8 Å². The fourth-order valence-corrected chi connectivity index (χ4v) is 4.13. The summed E-state index contributed by atoms with van der Waals surface area (Å²) in [5.41, 5.74) is 4.39. The number of nitriles is 1. The zero-order chi connectivity index (χ0) is 22.7. The Kier molecular flexibility index (Phi) is 6.57. The predicted octanol–water partition coefficient (Wildman–Crippen LogP) is 4.97. The Morgan fingerprint density at radius 3 is 2.69 bits per heavy atom. The highest BCUT2D eigenvalue weighted by Gasteiger charge is 2.28. The van der Waals surface area contributed by atoms with Crippen molar-refractivity contribution < 1.29 is 9.59 Å². The first-order chi connectivity index (χ1) is 15.4. The molecule has 1 aliphatic carbocycles. The van der Waals surface area contributed by atoms with Gasteiger partial charge in [-0.05, 0) is 67.9 Å². The van der Waals surface area contributed by atoms with Crippen LogP contribution in [-0.2, 0) is 4.79 Å². The third-order valence-electron chi connectivity index (χ3n) is 6.07. The number of amides is 2. The predicted molar refractivity (Wildman–Crippen MR) is 124 cm³/mol. The number of hydrogen-bond acceptors (Lipinski definition) is 4. The van der Waals surface area contributed by atoms with E-state index in [0.29, 0.717) is 34.2 Å². The average molecular weight is 449 g/mol. The molecule has 164 valence electrons. The molecule has 2 heterocycles. The molecular weight excluding hydrogens is 424 g/mol. The number of rotatable bonds is 5. The van der Waals surface area contributed by atoms with Gasteiger partial charge < -0.3 is 10.2 Å². The first kappa shape index (κ1) is 22.0. The van der Waals surface area contributed by atoms with Crippen molar-refractivity contribution in [1.82, 2.24) is 9.88 Å². The Balaban J connectivity index is 1.46. The van der Waals surface area contributed by atoms with Gasteiger partial charge in [0.1, 0.15) is 6.07 Å². The molecule has 4 rings (SSSR count). The summed E-state index contributed by atoms with van der Waals surface area (Å²) in [4.78, 5) is 30.9.